The SMILES string of the molecule is Cc1cc(Cl)ccc1NC(=O)CSc1ccc(F)cc1. The summed E-state index contributed by atoms with van der Waals surface area (Å²) < 4.78 is 12.8. The Bertz CT molecular complexity index is 616. The van der Waals surface area contributed by atoms with Crippen molar-refractivity contribution >= 4 is 35.0 Å². The Hall–Kier alpha value is -1.52. The molecule has 0 aliphatic rings. The highest BCUT2D eigenvalue weighted by Gasteiger charge is 2.06. The summed E-state index contributed by atoms with van der Waals surface area (Å²) in [4.78, 5) is 12.7. The van der Waals surface area contributed by atoms with Crippen LogP contribution in [0.2, 0.25) is 5.02 Å². The molecule has 0 saturated heterocycles. The molecule has 2 rings (SSSR count). The van der Waals surface area contributed by atoms with Crippen LogP contribution in [0.3, 0.4) is 0 Å². The van der Waals surface area contributed by atoms with E-state index in [9.17, 15) is 9.18 Å². The van der Waals surface area contributed by atoms with Crippen LogP contribution in [0.1, 0.15) is 5.56 Å². The van der Waals surface area contributed by atoms with Crippen molar-refractivity contribution in [1.82, 2.24) is 0 Å². The lowest BCUT2D eigenvalue weighted by molar-refractivity contribution is -0.113. The van der Waals surface area contributed by atoms with Gasteiger partial charge in [0.1, 0.15) is 5.82 Å². The summed E-state index contributed by atoms with van der Waals surface area (Å²) in [6, 6.07) is 11.4. The van der Waals surface area contributed by atoms with Crippen LogP contribution in [-0.2, 0) is 4.79 Å². The van der Waals surface area contributed by atoms with Crippen LogP contribution < -0.4 is 5.32 Å². The van der Waals surface area contributed by atoms with Gasteiger partial charge in [0.05, 0.1) is 5.75 Å². The Labute approximate surface area is 126 Å². The number of amides is 1. The van der Waals surface area contributed by atoms with E-state index in [1.165, 1.54) is 23.9 Å². The van der Waals surface area contributed by atoms with E-state index in [2.05, 4.69) is 5.32 Å². The molecule has 0 fully saturated rings. The molecule has 2 nitrogen and oxygen atoms in total. The zero-order valence-electron chi connectivity index (χ0n) is 10.8. The standard InChI is InChI=1S/C15H13ClFNOS/c1-10-8-11(16)2-7-14(10)18-15(19)9-20-13-5-3-12(17)4-6-13/h2-8H,9H2,1H3,(H,18,19). The molecular formula is C15H13ClFNOS. The summed E-state index contributed by atoms with van der Waals surface area (Å²) in [7, 11) is 0. The predicted molar refractivity (Wildman–Crippen MR) is 81.9 cm³/mol. The van der Waals surface area contributed by atoms with Crippen LogP contribution in [0, 0.1) is 12.7 Å². The molecular weight excluding hydrogens is 297 g/mol. The highest BCUT2D eigenvalue weighted by Crippen LogP contribution is 2.21. The molecule has 2 aromatic rings. The number of carbonyl (C=O) groups excluding carboxylic acids is 1. The first-order valence-corrected chi connectivity index (χ1v) is 7.35. The minimum atomic E-state index is -0.282. The van der Waals surface area contributed by atoms with Crippen LogP contribution in [0.4, 0.5) is 10.1 Å². The number of rotatable bonds is 4. The highest BCUT2D eigenvalue weighted by atomic mass is 35.5. The molecule has 0 spiro atoms. The fourth-order valence-electron chi connectivity index (χ4n) is 1.63. The van der Waals surface area contributed by atoms with E-state index in [-0.39, 0.29) is 17.5 Å². The summed E-state index contributed by atoms with van der Waals surface area (Å²) in [6.07, 6.45) is 0. The Morgan fingerprint density at radius 1 is 1.25 bits per heavy atom. The fourth-order valence-corrected chi connectivity index (χ4v) is 2.56. The van der Waals surface area contributed by atoms with Gasteiger partial charge >= 0.3 is 0 Å². The number of benzene rings is 2. The largest absolute Gasteiger partial charge is 0.325 e. The maximum atomic E-state index is 12.8. The average Bonchev–Trinajstić information content (AvgIpc) is 2.41. The number of anilines is 1. The van der Waals surface area contributed by atoms with Crippen LogP contribution in [0.5, 0.6) is 0 Å². The molecule has 0 heterocycles. The summed E-state index contributed by atoms with van der Waals surface area (Å²) in [6.45, 7) is 1.88. The average molecular weight is 310 g/mol. The molecule has 1 N–H and O–H groups in total. The summed E-state index contributed by atoms with van der Waals surface area (Å²) in [5.74, 6) is -0.117. The van der Waals surface area contributed by atoms with Crippen molar-refractivity contribution in [2.75, 3.05) is 11.1 Å². The Kier molecular flexibility index (Phi) is 5.04. The van der Waals surface area contributed by atoms with E-state index in [1.54, 1.807) is 30.3 Å². The summed E-state index contributed by atoms with van der Waals surface area (Å²) >= 11 is 7.22. The van der Waals surface area contributed by atoms with Gasteiger partial charge in [0.2, 0.25) is 5.91 Å². The van der Waals surface area contributed by atoms with Gasteiger partial charge in [0.25, 0.3) is 0 Å². The van der Waals surface area contributed by atoms with E-state index in [0.29, 0.717) is 5.02 Å². The highest BCUT2D eigenvalue weighted by molar-refractivity contribution is 8.00. The number of halogens is 2. The molecule has 20 heavy (non-hydrogen) atoms. The van der Waals surface area contributed by atoms with Crippen molar-refractivity contribution in [1.29, 1.82) is 0 Å². The number of hydrogen-bond donors (Lipinski definition) is 1. The Balaban J connectivity index is 1.90. The second kappa shape index (κ2) is 6.77. The third kappa shape index (κ3) is 4.25. The zero-order chi connectivity index (χ0) is 14.5. The lowest BCUT2D eigenvalue weighted by Crippen LogP contribution is -2.14. The molecule has 0 unspecified atom stereocenters. The Morgan fingerprint density at radius 3 is 2.60 bits per heavy atom. The molecule has 104 valence electrons. The molecule has 5 heteroatoms. The van der Waals surface area contributed by atoms with Gasteiger partial charge in [-0.25, -0.2) is 4.39 Å². The van der Waals surface area contributed by atoms with Gasteiger partial charge in [-0.15, -0.1) is 11.8 Å². The quantitative estimate of drug-likeness (QED) is 0.841. The van der Waals surface area contributed by atoms with Gasteiger partial charge in [-0.1, -0.05) is 11.6 Å². The van der Waals surface area contributed by atoms with Crippen LogP contribution in [0.15, 0.2) is 47.4 Å². The number of carbonyl (C=O) groups is 1. The maximum Gasteiger partial charge on any atom is 0.234 e. The molecule has 0 bridgehead atoms. The monoisotopic (exact) mass is 309 g/mol. The maximum absolute atomic E-state index is 12.8. The lowest BCUT2D eigenvalue weighted by atomic mass is 10.2. The van der Waals surface area contributed by atoms with Crippen LogP contribution >= 0.6 is 23.4 Å². The van der Waals surface area contributed by atoms with Crippen molar-refractivity contribution in [3.63, 3.8) is 0 Å². The van der Waals surface area contributed by atoms with Gasteiger partial charge in [-0.3, -0.25) is 4.79 Å². The minimum absolute atomic E-state index is 0.107. The molecule has 0 aliphatic heterocycles. The van der Waals surface area contributed by atoms with Crippen LogP contribution in [0.25, 0.3) is 0 Å². The van der Waals surface area contributed by atoms with Crippen molar-refractivity contribution in [3.05, 3.63) is 58.9 Å². The lowest BCUT2D eigenvalue weighted by Gasteiger charge is -2.08. The molecule has 2 aromatic carbocycles. The molecule has 0 aliphatic carbocycles. The van der Waals surface area contributed by atoms with Gasteiger partial charge < -0.3 is 5.32 Å². The fraction of sp³-hybridized carbons (Fsp3) is 0.133. The number of aryl methyl sites for hydroxylation is 1. The van der Waals surface area contributed by atoms with E-state index in [0.717, 1.165) is 16.1 Å². The van der Waals surface area contributed by atoms with Crippen LogP contribution in [-0.4, -0.2) is 11.7 Å². The smallest absolute Gasteiger partial charge is 0.234 e. The normalized spacial score (nSPS) is 10.3. The molecule has 0 saturated carbocycles. The first kappa shape index (κ1) is 14.9. The van der Waals surface area contributed by atoms with Crippen molar-refractivity contribution in [2.24, 2.45) is 0 Å². The number of thioether (sulfide) groups is 1. The van der Waals surface area contributed by atoms with E-state index in [4.69, 9.17) is 11.6 Å². The second-order valence-corrected chi connectivity index (χ2v) is 5.74. The number of hydrogen-bond acceptors (Lipinski definition) is 2. The predicted octanol–water partition coefficient (Wildman–Crippen LogP) is 4.52. The first-order valence-electron chi connectivity index (χ1n) is 5.99. The Morgan fingerprint density at radius 2 is 1.95 bits per heavy atom. The first-order chi connectivity index (χ1) is 9.54. The number of nitrogens with one attached hydrogen (secondary N) is 1. The van der Waals surface area contributed by atoms with Gasteiger partial charge in [-0.05, 0) is 55.0 Å². The van der Waals surface area contributed by atoms with Gasteiger partial charge in [-0.2, -0.15) is 0 Å². The minimum Gasteiger partial charge on any atom is -0.325 e. The molecule has 0 radical (unpaired) electrons. The molecule has 0 aromatic heterocycles. The summed E-state index contributed by atoms with van der Waals surface area (Å²) in [5.41, 5.74) is 1.66. The van der Waals surface area contributed by atoms with E-state index >= 15 is 0 Å². The van der Waals surface area contributed by atoms with Crippen molar-refractivity contribution in [3.8, 4) is 0 Å². The van der Waals surface area contributed by atoms with Crippen molar-refractivity contribution < 1.29 is 9.18 Å². The van der Waals surface area contributed by atoms with Crippen molar-refractivity contribution in [2.45, 2.75) is 11.8 Å². The second-order valence-electron chi connectivity index (χ2n) is 4.25. The van der Waals surface area contributed by atoms with Gasteiger partial charge in [0.15, 0.2) is 0 Å². The third-order valence-electron chi connectivity index (χ3n) is 2.65. The van der Waals surface area contributed by atoms with E-state index < -0.39 is 0 Å². The topological polar surface area (TPSA) is 29.1 Å². The van der Waals surface area contributed by atoms with E-state index in [1.807, 2.05) is 6.92 Å². The zero-order valence-corrected chi connectivity index (χ0v) is 12.4. The molecule has 0 atom stereocenters. The third-order valence-corrected chi connectivity index (χ3v) is 3.89. The van der Waals surface area contributed by atoms with Gasteiger partial charge in [0, 0.05) is 15.6 Å². The summed E-state index contributed by atoms with van der Waals surface area (Å²) in [5, 5.41) is 3.47. The molecule has 1 amide bonds.